The van der Waals surface area contributed by atoms with Gasteiger partial charge in [0, 0.05) is 23.5 Å². The zero-order chi connectivity index (χ0) is 14.2. The molecule has 2 N–H and O–H groups in total. The molecule has 1 unspecified atom stereocenters. The van der Waals surface area contributed by atoms with Crippen LogP contribution in [0.2, 0.25) is 0 Å². The third-order valence-electron chi connectivity index (χ3n) is 3.00. The van der Waals surface area contributed by atoms with E-state index in [2.05, 4.69) is 15.9 Å². The van der Waals surface area contributed by atoms with E-state index >= 15 is 0 Å². The number of benzene rings is 1. The summed E-state index contributed by atoms with van der Waals surface area (Å²) in [6.07, 6.45) is -0.0948. The SMILES string of the molecule is COc1ccc(Br)c(N2CC(S(N)(=O)=O)CC2=O)c1. The summed E-state index contributed by atoms with van der Waals surface area (Å²) in [5.41, 5.74) is 0.579. The van der Waals surface area contributed by atoms with Crippen LogP contribution < -0.4 is 14.8 Å². The number of anilines is 1. The Balaban J connectivity index is 2.35. The summed E-state index contributed by atoms with van der Waals surface area (Å²) in [5, 5.41) is 4.23. The second-order valence-corrected chi connectivity index (χ2v) is 6.94. The van der Waals surface area contributed by atoms with Gasteiger partial charge in [-0.15, -0.1) is 0 Å². The molecule has 1 aliphatic heterocycles. The molecule has 1 amide bonds. The highest BCUT2D eigenvalue weighted by Gasteiger charge is 2.37. The number of primary sulfonamides is 1. The summed E-state index contributed by atoms with van der Waals surface area (Å²) in [6, 6.07) is 5.16. The molecule has 1 heterocycles. The van der Waals surface area contributed by atoms with E-state index in [4.69, 9.17) is 9.88 Å². The first-order valence-electron chi connectivity index (χ1n) is 5.48. The maximum atomic E-state index is 11.9. The lowest BCUT2D eigenvalue weighted by atomic mass is 10.3. The Bertz CT molecular complexity index is 617. The molecule has 1 atom stereocenters. The van der Waals surface area contributed by atoms with Crippen molar-refractivity contribution in [2.75, 3.05) is 18.6 Å². The first kappa shape index (κ1) is 14.3. The number of hydrogen-bond acceptors (Lipinski definition) is 4. The minimum absolute atomic E-state index is 0.0590. The van der Waals surface area contributed by atoms with Gasteiger partial charge in [0.1, 0.15) is 11.0 Å². The molecule has 6 nitrogen and oxygen atoms in total. The quantitative estimate of drug-likeness (QED) is 0.876. The number of nitrogens with zero attached hydrogens (tertiary/aromatic N) is 1. The molecular weight excluding hydrogens is 336 g/mol. The standard InChI is InChI=1S/C11H13BrN2O4S/c1-18-7-2-3-9(12)10(4-7)14-6-8(5-11(14)15)19(13,16)17/h2-4,8H,5-6H2,1H3,(H2,13,16,17). The zero-order valence-electron chi connectivity index (χ0n) is 10.2. The van der Waals surface area contributed by atoms with Crippen molar-refractivity contribution in [3.05, 3.63) is 22.7 Å². The van der Waals surface area contributed by atoms with Crippen molar-refractivity contribution < 1.29 is 17.9 Å². The Kier molecular flexibility index (Phi) is 3.84. The summed E-state index contributed by atoms with van der Waals surface area (Å²) in [4.78, 5) is 13.3. The average molecular weight is 349 g/mol. The molecule has 19 heavy (non-hydrogen) atoms. The fraction of sp³-hybridized carbons (Fsp3) is 0.364. The van der Waals surface area contributed by atoms with Crippen molar-refractivity contribution in [3.63, 3.8) is 0 Å². The lowest BCUT2D eigenvalue weighted by molar-refractivity contribution is -0.117. The van der Waals surface area contributed by atoms with Crippen LogP contribution in [-0.4, -0.2) is 33.2 Å². The molecule has 1 saturated heterocycles. The van der Waals surface area contributed by atoms with Gasteiger partial charge < -0.3 is 9.64 Å². The Hall–Kier alpha value is -1.12. The highest BCUT2D eigenvalue weighted by atomic mass is 79.9. The Labute approximate surface area is 119 Å². The summed E-state index contributed by atoms with van der Waals surface area (Å²) < 4.78 is 28.4. The lowest BCUT2D eigenvalue weighted by Crippen LogP contribution is -2.32. The van der Waals surface area contributed by atoms with Crippen LogP contribution in [0.1, 0.15) is 6.42 Å². The molecule has 0 aromatic heterocycles. The Morgan fingerprint density at radius 3 is 2.68 bits per heavy atom. The number of carbonyl (C=O) groups excluding carboxylic acids is 1. The van der Waals surface area contributed by atoms with E-state index < -0.39 is 15.3 Å². The van der Waals surface area contributed by atoms with Crippen molar-refractivity contribution in [2.24, 2.45) is 5.14 Å². The third kappa shape index (κ3) is 2.90. The number of halogens is 1. The van der Waals surface area contributed by atoms with Gasteiger partial charge in [-0.25, -0.2) is 13.6 Å². The molecule has 0 radical (unpaired) electrons. The molecule has 8 heteroatoms. The van der Waals surface area contributed by atoms with E-state index in [0.29, 0.717) is 15.9 Å². The molecular formula is C11H13BrN2O4S. The molecule has 0 saturated carbocycles. The van der Waals surface area contributed by atoms with Crippen molar-refractivity contribution in [1.29, 1.82) is 0 Å². The molecule has 1 aromatic carbocycles. The van der Waals surface area contributed by atoms with Gasteiger partial charge in [-0.3, -0.25) is 4.79 Å². The molecule has 1 fully saturated rings. The predicted molar refractivity (Wildman–Crippen MR) is 74.6 cm³/mol. The van der Waals surface area contributed by atoms with E-state index in [0.717, 1.165) is 0 Å². The number of ether oxygens (including phenoxy) is 1. The fourth-order valence-electron chi connectivity index (χ4n) is 1.95. The second-order valence-electron chi connectivity index (χ2n) is 4.24. The minimum atomic E-state index is -3.71. The van der Waals surface area contributed by atoms with Crippen molar-refractivity contribution in [3.8, 4) is 5.75 Å². The van der Waals surface area contributed by atoms with Crippen LogP contribution in [0.5, 0.6) is 5.75 Å². The molecule has 0 bridgehead atoms. The van der Waals surface area contributed by atoms with Gasteiger partial charge in [0.2, 0.25) is 15.9 Å². The van der Waals surface area contributed by atoms with Crippen LogP contribution in [0, 0.1) is 0 Å². The average Bonchev–Trinajstić information content (AvgIpc) is 2.72. The molecule has 0 spiro atoms. The molecule has 104 valence electrons. The van der Waals surface area contributed by atoms with Gasteiger partial charge in [0.05, 0.1) is 12.8 Å². The predicted octanol–water partition coefficient (Wildman–Crippen LogP) is 0.852. The normalized spacial score (nSPS) is 19.8. The maximum Gasteiger partial charge on any atom is 0.228 e. The molecule has 2 rings (SSSR count). The largest absolute Gasteiger partial charge is 0.497 e. The van der Waals surface area contributed by atoms with Gasteiger partial charge in [0.25, 0.3) is 0 Å². The number of rotatable bonds is 3. The lowest BCUT2D eigenvalue weighted by Gasteiger charge is -2.18. The van der Waals surface area contributed by atoms with E-state index in [1.807, 2.05) is 0 Å². The van der Waals surface area contributed by atoms with Crippen molar-refractivity contribution in [2.45, 2.75) is 11.7 Å². The van der Waals surface area contributed by atoms with Crippen LogP contribution in [-0.2, 0) is 14.8 Å². The number of nitrogens with two attached hydrogens (primary N) is 1. The Morgan fingerprint density at radius 1 is 1.47 bits per heavy atom. The van der Waals surface area contributed by atoms with E-state index in [1.165, 1.54) is 12.0 Å². The van der Waals surface area contributed by atoms with Gasteiger partial charge in [-0.05, 0) is 28.1 Å². The van der Waals surface area contributed by atoms with Gasteiger partial charge in [-0.1, -0.05) is 0 Å². The first-order valence-corrected chi connectivity index (χ1v) is 7.88. The summed E-state index contributed by atoms with van der Waals surface area (Å²) in [7, 11) is -2.19. The van der Waals surface area contributed by atoms with E-state index in [-0.39, 0.29) is 18.9 Å². The minimum Gasteiger partial charge on any atom is -0.497 e. The number of amides is 1. The van der Waals surface area contributed by atoms with Crippen molar-refractivity contribution in [1.82, 2.24) is 0 Å². The third-order valence-corrected chi connectivity index (χ3v) is 4.91. The number of hydrogen-bond donors (Lipinski definition) is 1. The van der Waals surface area contributed by atoms with Gasteiger partial charge >= 0.3 is 0 Å². The summed E-state index contributed by atoms with van der Waals surface area (Å²) in [5.74, 6) is 0.318. The smallest absolute Gasteiger partial charge is 0.228 e. The monoisotopic (exact) mass is 348 g/mol. The highest BCUT2D eigenvalue weighted by molar-refractivity contribution is 9.10. The summed E-state index contributed by atoms with van der Waals surface area (Å²) in [6.45, 7) is 0.0590. The van der Waals surface area contributed by atoms with E-state index in [1.54, 1.807) is 18.2 Å². The number of methoxy groups -OCH3 is 1. The number of carbonyl (C=O) groups is 1. The van der Waals surface area contributed by atoms with Crippen LogP contribution >= 0.6 is 15.9 Å². The molecule has 1 aromatic rings. The highest BCUT2D eigenvalue weighted by Crippen LogP contribution is 2.33. The summed E-state index contributed by atoms with van der Waals surface area (Å²) >= 11 is 3.34. The van der Waals surface area contributed by atoms with Crippen LogP contribution in [0.25, 0.3) is 0 Å². The molecule has 0 aliphatic carbocycles. The van der Waals surface area contributed by atoms with E-state index in [9.17, 15) is 13.2 Å². The molecule has 1 aliphatic rings. The van der Waals surface area contributed by atoms with Crippen LogP contribution in [0.3, 0.4) is 0 Å². The fourth-order valence-corrected chi connectivity index (χ4v) is 3.15. The zero-order valence-corrected chi connectivity index (χ0v) is 12.6. The Morgan fingerprint density at radius 2 is 2.16 bits per heavy atom. The second kappa shape index (κ2) is 5.10. The van der Waals surface area contributed by atoms with Crippen LogP contribution in [0.4, 0.5) is 5.69 Å². The van der Waals surface area contributed by atoms with Gasteiger partial charge in [0.15, 0.2) is 0 Å². The van der Waals surface area contributed by atoms with Gasteiger partial charge in [-0.2, -0.15) is 0 Å². The van der Waals surface area contributed by atoms with Crippen LogP contribution in [0.15, 0.2) is 22.7 Å². The first-order chi connectivity index (χ1) is 8.82. The maximum absolute atomic E-state index is 11.9. The topological polar surface area (TPSA) is 89.7 Å². The van der Waals surface area contributed by atoms with Crippen molar-refractivity contribution >= 4 is 37.5 Å². The number of sulfonamides is 1.